The summed E-state index contributed by atoms with van der Waals surface area (Å²) in [6.45, 7) is -2.25. The molecule has 8 N–H and O–H groups in total. The molecule has 0 aromatic carbocycles. The third-order valence-corrected chi connectivity index (χ3v) is 2.17. The fourth-order valence-corrected chi connectivity index (χ4v) is 1.48. The Labute approximate surface area is 238 Å². The average Bonchev–Trinajstić information content (AvgIpc) is 2.22. The number of carboxylic acids is 4. The Balaban J connectivity index is -0.000000120. The van der Waals surface area contributed by atoms with E-state index in [9.17, 15) is 19.2 Å². The fraction of sp³-hybridized carbons (Fsp3) is 0.600. The van der Waals surface area contributed by atoms with E-state index >= 15 is 0 Å². The predicted octanol–water partition coefficient (Wildman–Crippen LogP) is -5.24. The molecule has 0 aromatic heterocycles. The first-order valence-corrected chi connectivity index (χ1v) is 5.52. The second-order valence-electron chi connectivity index (χ2n) is 4.00. The number of aliphatic carboxylic acids is 4. The van der Waals surface area contributed by atoms with E-state index in [4.69, 9.17) is 20.4 Å². The molecule has 12 nitrogen and oxygen atoms in total. The van der Waals surface area contributed by atoms with Crippen LogP contribution in [0.25, 0.3) is 0 Å². The topological polar surface area (TPSA) is 219 Å². The molecule has 0 spiro atoms. The molecule has 0 aliphatic rings. The third-order valence-electron chi connectivity index (χ3n) is 2.17. The Hall–Kier alpha value is 1.72. The molecular formula is C10H20N2Na4O10. The van der Waals surface area contributed by atoms with E-state index in [1.54, 1.807) is 0 Å². The van der Waals surface area contributed by atoms with Crippen molar-refractivity contribution in [2.75, 3.05) is 39.3 Å². The molecule has 4 radical (unpaired) electrons. The van der Waals surface area contributed by atoms with Crippen LogP contribution in [-0.2, 0) is 19.2 Å². The van der Waals surface area contributed by atoms with Crippen molar-refractivity contribution in [3.63, 3.8) is 0 Å². The van der Waals surface area contributed by atoms with Gasteiger partial charge in [0.15, 0.2) is 0 Å². The minimum absolute atomic E-state index is 0. The summed E-state index contributed by atoms with van der Waals surface area (Å²) in [6.07, 6.45) is 0. The third kappa shape index (κ3) is 30.4. The number of nitrogens with zero attached hydrogens (tertiary/aromatic N) is 2. The van der Waals surface area contributed by atoms with Crippen LogP contribution in [0.3, 0.4) is 0 Å². The maximum Gasteiger partial charge on any atom is 0.317 e. The molecule has 0 heterocycles. The van der Waals surface area contributed by atoms with Gasteiger partial charge in [0.1, 0.15) is 0 Å². The number of carboxylic acid groups (broad SMARTS) is 4. The molecule has 0 aromatic rings. The van der Waals surface area contributed by atoms with Gasteiger partial charge in [-0.1, -0.05) is 0 Å². The average molecular weight is 420 g/mol. The summed E-state index contributed by atoms with van der Waals surface area (Å²) in [6, 6.07) is 0. The SMILES string of the molecule is O.O.O=C(O)CN(CCN(CC(=O)O)CC(=O)O)CC(=O)O.[Na].[Na].[Na].[Na]. The van der Waals surface area contributed by atoms with E-state index in [0.29, 0.717) is 0 Å². The van der Waals surface area contributed by atoms with Gasteiger partial charge in [-0.05, 0) is 0 Å². The smallest absolute Gasteiger partial charge is 0.317 e. The Morgan fingerprint density at radius 3 is 0.769 bits per heavy atom. The second kappa shape index (κ2) is 26.7. The van der Waals surface area contributed by atoms with E-state index < -0.39 is 50.1 Å². The van der Waals surface area contributed by atoms with E-state index in [1.165, 1.54) is 0 Å². The van der Waals surface area contributed by atoms with E-state index in [0.717, 1.165) is 9.80 Å². The maximum atomic E-state index is 10.6. The molecule has 16 heteroatoms. The zero-order chi connectivity index (χ0) is 15.7. The van der Waals surface area contributed by atoms with Crippen LogP contribution in [0.5, 0.6) is 0 Å². The summed E-state index contributed by atoms with van der Waals surface area (Å²) in [5.41, 5.74) is 0. The van der Waals surface area contributed by atoms with Crippen molar-refractivity contribution < 1.29 is 50.6 Å². The van der Waals surface area contributed by atoms with Crippen molar-refractivity contribution in [3.05, 3.63) is 0 Å². The Morgan fingerprint density at radius 2 is 0.654 bits per heavy atom. The van der Waals surface area contributed by atoms with Crippen LogP contribution in [0.1, 0.15) is 0 Å². The Bertz CT molecular complexity index is 334. The standard InChI is InChI=1S/C10H16N2O8.4Na.2H2O/c13-7(14)3-11(4-8(15)16)1-2-12(5-9(17)18)6-10(19)20;;;;;;/h1-6H2,(H,13,14)(H,15,16)(H,17,18)(H,19,20);;;;;2*1H2. The van der Waals surface area contributed by atoms with Crippen LogP contribution in [0.15, 0.2) is 0 Å². The van der Waals surface area contributed by atoms with E-state index in [1.807, 2.05) is 0 Å². The fourth-order valence-electron chi connectivity index (χ4n) is 1.48. The van der Waals surface area contributed by atoms with Crippen molar-refractivity contribution >= 4 is 142 Å². The van der Waals surface area contributed by atoms with Gasteiger partial charge >= 0.3 is 23.9 Å². The zero-order valence-corrected chi connectivity index (χ0v) is 23.6. The van der Waals surface area contributed by atoms with Crippen LogP contribution in [-0.4, -0.2) is 223 Å². The van der Waals surface area contributed by atoms with Gasteiger partial charge in [-0.3, -0.25) is 29.0 Å². The Kier molecular flexibility index (Phi) is 47.4. The first-order valence-electron chi connectivity index (χ1n) is 5.52. The van der Waals surface area contributed by atoms with Crippen LogP contribution in [0.2, 0.25) is 0 Å². The number of rotatable bonds is 11. The van der Waals surface area contributed by atoms with Gasteiger partial charge in [0.2, 0.25) is 0 Å². The maximum absolute atomic E-state index is 10.6. The summed E-state index contributed by atoms with van der Waals surface area (Å²) in [5, 5.41) is 34.5. The molecule has 0 atom stereocenters. The normalized spacial score (nSPS) is 8.23. The molecule has 0 aliphatic heterocycles. The monoisotopic (exact) mass is 420 g/mol. The molecule has 0 rings (SSSR count). The molecule has 0 amide bonds. The van der Waals surface area contributed by atoms with Gasteiger partial charge in [0.05, 0.1) is 26.2 Å². The first-order chi connectivity index (χ1) is 9.20. The molecule has 0 unspecified atom stereocenters. The van der Waals surface area contributed by atoms with Crippen molar-refractivity contribution in [1.29, 1.82) is 0 Å². The van der Waals surface area contributed by atoms with Gasteiger partial charge in [-0.25, -0.2) is 0 Å². The van der Waals surface area contributed by atoms with Crippen LogP contribution >= 0.6 is 0 Å². The first kappa shape index (κ1) is 46.1. The minimum atomic E-state index is -1.23. The van der Waals surface area contributed by atoms with Crippen LogP contribution in [0.4, 0.5) is 0 Å². The largest absolute Gasteiger partial charge is 0.480 e. The van der Waals surface area contributed by atoms with Crippen molar-refractivity contribution in [3.8, 4) is 0 Å². The molecule has 0 saturated heterocycles. The van der Waals surface area contributed by atoms with E-state index in [-0.39, 0.29) is 142 Å². The molecule has 0 fully saturated rings. The number of hydrogen-bond acceptors (Lipinski definition) is 6. The van der Waals surface area contributed by atoms with Crippen LogP contribution in [0, 0.1) is 0 Å². The second-order valence-corrected chi connectivity index (χ2v) is 4.00. The summed E-state index contributed by atoms with van der Waals surface area (Å²) in [5.74, 6) is -4.91. The summed E-state index contributed by atoms with van der Waals surface area (Å²) < 4.78 is 0. The van der Waals surface area contributed by atoms with Crippen LogP contribution < -0.4 is 0 Å². The van der Waals surface area contributed by atoms with Gasteiger partial charge in [-0.2, -0.15) is 0 Å². The number of carbonyl (C=O) groups is 4. The summed E-state index contributed by atoms with van der Waals surface area (Å²) >= 11 is 0. The molecule has 0 aliphatic carbocycles. The Morgan fingerprint density at radius 1 is 0.500 bits per heavy atom. The summed E-state index contributed by atoms with van der Waals surface area (Å²) in [7, 11) is 0. The summed E-state index contributed by atoms with van der Waals surface area (Å²) in [4.78, 5) is 44.4. The minimum Gasteiger partial charge on any atom is -0.480 e. The molecule has 0 bridgehead atoms. The van der Waals surface area contributed by atoms with Crippen molar-refractivity contribution in [2.45, 2.75) is 0 Å². The molecule has 134 valence electrons. The van der Waals surface area contributed by atoms with E-state index in [2.05, 4.69) is 0 Å². The zero-order valence-electron chi connectivity index (χ0n) is 15.6. The molecule has 0 saturated carbocycles. The van der Waals surface area contributed by atoms with Gasteiger partial charge < -0.3 is 31.4 Å². The van der Waals surface area contributed by atoms with Gasteiger partial charge in [0.25, 0.3) is 0 Å². The van der Waals surface area contributed by atoms with Crippen molar-refractivity contribution in [2.24, 2.45) is 0 Å². The molecule has 26 heavy (non-hydrogen) atoms. The quantitative estimate of drug-likeness (QED) is 0.233. The van der Waals surface area contributed by atoms with Crippen molar-refractivity contribution in [1.82, 2.24) is 9.80 Å². The van der Waals surface area contributed by atoms with Gasteiger partial charge in [0, 0.05) is 131 Å². The number of hydrogen-bond donors (Lipinski definition) is 4. The predicted molar refractivity (Wildman–Crippen MR) is 93.7 cm³/mol. The molecular weight excluding hydrogens is 400 g/mol. The van der Waals surface area contributed by atoms with Gasteiger partial charge in [-0.15, -0.1) is 0 Å².